The van der Waals surface area contributed by atoms with Crippen molar-refractivity contribution in [3.63, 3.8) is 0 Å². The third kappa shape index (κ3) is 3.38. The van der Waals surface area contributed by atoms with Gasteiger partial charge in [-0.1, -0.05) is 0 Å². The van der Waals surface area contributed by atoms with E-state index in [1.807, 2.05) is 23.9 Å². The minimum atomic E-state index is 0.182. The number of thioether (sulfide) groups is 1. The Bertz CT molecular complexity index is 429. The third-order valence-corrected chi connectivity index (χ3v) is 5.08. The Kier molecular flexibility index (Phi) is 4.68. The van der Waals surface area contributed by atoms with Crippen LogP contribution in [-0.2, 0) is 11.3 Å². The first-order valence-electron chi connectivity index (χ1n) is 7.44. The Morgan fingerprint density at radius 2 is 2.20 bits per heavy atom. The van der Waals surface area contributed by atoms with E-state index in [1.54, 1.807) is 6.26 Å². The zero-order valence-electron chi connectivity index (χ0n) is 11.8. The van der Waals surface area contributed by atoms with E-state index in [-0.39, 0.29) is 5.92 Å². The maximum Gasteiger partial charge on any atom is 0.227 e. The molecule has 3 rings (SSSR count). The SMILES string of the molecule is O=C([C@@H]1CCCN(Cc2ccco2)C1)N1CCSCC1. The van der Waals surface area contributed by atoms with Crippen LogP contribution in [-0.4, -0.2) is 53.4 Å². The fraction of sp³-hybridized carbons (Fsp3) is 0.667. The van der Waals surface area contributed by atoms with E-state index in [4.69, 9.17) is 4.42 Å². The number of amides is 1. The highest BCUT2D eigenvalue weighted by atomic mass is 32.2. The van der Waals surface area contributed by atoms with Gasteiger partial charge in [0.1, 0.15) is 5.76 Å². The first kappa shape index (κ1) is 14.0. The molecule has 2 aliphatic heterocycles. The van der Waals surface area contributed by atoms with E-state index in [9.17, 15) is 4.79 Å². The predicted molar refractivity (Wildman–Crippen MR) is 80.6 cm³/mol. The highest BCUT2D eigenvalue weighted by Crippen LogP contribution is 2.22. The zero-order valence-corrected chi connectivity index (χ0v) is 12.6. The minimum Gasteiger partial charge on any atom is -0.468 e. The summed E-state index contributed by atoms with van der Waals surface area (Å²) >= 11 is 1.95. The molecule has 1 atom stereocenters. The van der Waals surface area contributed by atoms with Crippen LogP contribution in [0.25, 0.3) is 0 Å². The van der Waals surface area contributed by atoms with Crippen molar-refractivity contribution in [2.75, 3.05) is 37.7 Å². The first-order chi connectivity index (χ1) is 9.83. The largest absolute Gasteiger partial charge is 0.468 e. The summed E-state index contributed by atoms with van der Waals surface area (Å²) in [4.78, 5) is 17.0. The predicted octanol–water partition coefficient (Wildman–Crippen LogP) is 2.07. The molecular weight excluding hydrogens is 272 g/mol. The molecule has 3 heterocycles. The van der Waals surface area contributed by atoms with E-state index in [0.29, 0.717) is 5.91 Å². The summed E-state index contributed by atoms with van der Waals surface area (Å²) in [6, 6.07) is 3.93. The van der Waals surface area contributed by atoms with Gasteiger partial charge < -0.3 is 9.32 Å². The van der Waals surface area contributed by atoms with Crippen LogP contribution in [0.1, 0.15) is 18.6 Å². The Balaban J connectivity index is 1.55. The van der Waals surface area contributed by atoms with Gasteiger partial charge in [-0.3, -0.25) is 9.69 Å². The first-order valence-corrected chi connectivity index (χ1v) is 8.59. The average Bonchev–Trinajstić information content (AvgIpc) is 3.01. The summed E-state index contributed by atoms with van der Waals surface area (Å²) in [5, 5.41) is 0. The van der Waals surface area contributed by atoms with Gasteiger partial charge in [-0.15, -0.1) is 0 Å². The van der Waals surface area contributed by atoms with Crippen LogP contribution < -0.4 is 0 Å². The summed E-state index contributed by atoms with van der Waals surface area (Å²) in [5.41, 5.74) is 0. The summed E-state index contributed by atoms with van der Waals surface area (Å²) in [7, 11) is 0. The molecule has 0 aliphatic carbocycles. The summed E-state index contributed by atoms with van der Waals surface area (Å²) in [6.07, 6.45) is 3.87. The lowest BCUT2D eigenvalue weighted by Gasteiger charge is -2.35. The molecule has 5 heteroatoms. The lowest BCUT2D eigenvalue weighted by molar-refractivity contribution is -0.137. The number of furan rings is 1. The number of rotatable bonds is 3. The van der Waals surface area contributed by atoms with Gasteiger partial charge in [-0.05, 0) is 31.5 Å². The number of carbonyl (C=O) groups excluding carboxylic acids is 1. The van der Waals surface area contributed by atoms with Gasteiger partial charge in [-0.25, -0.2) is 0 Å². The Labute approximate surface area is 124 Å². The molecule has 20 heavy (non-hydrogen) atoms. The maximum atomic E-state index is 12.6. The van der Waals surface area contributed by atoms with Gasteiger partial charge in [0, 0.05) is 31.1 Å². The topological polar surface area (TPSA) is 36.7 Å². The molecule has 1 amide bonds. The summed E-state index contributed by atoms with van der Waals surface area (Å²) < 4.78 is 5.41. The molecular formula is C15H22N2O2S. The monoisotopic (exact) mass is 294 g/mol. The lowest BCUT2D eigenvalue weighted by Crippen LogP contribution is -2.47. The van der Waals surface area contributed by atoms with Crippen LogP contribution in [0.5, 0.6) is 0 Å². The van der Waals surface area contributed by atoms with Crippen LogP contribution in [0, 0.1) is 5.92 Å². The fourth-order valence-corrected chi connectivity index (χ4v) is 3.97. The molecule has 0 unspecified atom stereocenters. The molecule has 0 saturated carbocycles. The van der Waals surface area contributed by atoms with Gasteiger partial charge in [0.2, 0.25) is 5.91 Å². The van der Waals surface area contributed by atoms with Crippen molar-refractivity contribution in [1.82, 2.24) is 9.80 Å². The number of hydrogen-bond acceptors (Lipinski definition) is 4. The zero-order chi connectivity index (χ0) is 13.8. The molecule has 2 fully saturated rings. The number of piperidine rings is 1. The maximum absolute atomic E-state index is 12.6. The van der Waals surface area contributed by atoms with Gasteiger partial charge in [0.25, 0.3) is 0 Å². The molecule has 1 aromatic heterocycles. The molecule has 110 valence electrons. The standard InChI is InChI=1S/C15H22N2O2S/c18-15(17-6-9-20-10-7-17)13-3-1-5-16(11-13)12-14-4-2-8-19-14/h2,4,8,13H,1,3,5-7,9-12H2/t13-/m1/s1. The van der Waals surface area contributed by atoms with E-state index in [2.05, 4.69) is 9.80 Å². The minimum absolute atomic E-state index is 0.182. The van der Waals surface area contributed by atoms with Crippen molar-refractivity contribution < 1.29 is 9.21 Å². The molecule has 2 aliphatic rings. The normalized spacial score (nSPS) is 24.8. The highest BCUT2D eigenvalue weighted by Gasteiger charge is 2.30. The van der Waals surface area contributed by atoms with Gasteiger partial charge in [-0.2, -0.15) is 11.8 Å². The van der Waals surface area contributed by atoms with E-state index >= 15 is 0 Å². The number of nitrogens with zero attached hydrogens (tertiary/aromatic N) is 2. The van der Waals surface area contributed by atoms with E-state index < -0.39 is 0 Å². The van der Waals surface area contributed by atoms with Crippen molar-refractivity contribution in [3.8, 4) is 0 Å². The Morgan fingerprint density at radius 1 is 1.35 bits per heavy atom. The summed E-state index contributed by atoms with van der Waals surface area (Å²) in [5.74, 6) is 3.73. The van der Waals surface area contributed by atoms with Crippen molar-refractivity contribution in [2.24, 2.45) is 5.92 Å². The highest BCUT2D eigenvalue weighted by molar-refractivity contribution is 7.99. The van der Waals surface area contributed by atoms with Crippen LogP contribution in [0.2, 0.25) is 0 Å². The van der Waals surface area contributed by atoms with Gasteiger partial charge in [0.15, 0.2) is 0 Å². The Hall–Kier alpha value is -0.940. The molecule has 0 bridgehead atoms. The second kappa shape index (κ2) is 6.68. The Morgan fingerprint density at radius 3 is 2.95 bits per heavy atom. The van der Waals surface area contributed by atoms with Crippen LogP contribution in [0.15, 0.2) is 22.8 Å². The van der Waals surface area contributed by atoms with Crippen LogP contribution in [0.4, 0.5) is 0 Å². The van der Waals surface area contributed by atoms with Crippen molar-refractivity contribution in [3.05, 3.63) is 24.2 Å². The lowest BCUT2D eigenvalue weighted by atomic mass is 9.96. The number of carbonyl (C=O) groups is 1. The van der Waals surface area contributed by atoms with Crippen LogP contribution >= 0.6 is 11.8 Å². The number of hydrogen-bond donors (Lipinski definition) is 0. The fourth-order valence-electron chi connectivity index (χ4n) is 3.07. The van der Waals surface area contributed by atoms with E-state index in [0.717, 1.165) is 62.8 Å². The number of likely N-dealkylation sites (tertiary alicyclic amines) is 1. The molecule has 1 aromatic rings. The molecule has 0 spiro atoms. The third-order valence-electron chi connectivity index (χ3n) is 4.14. The van der Waals surface area contributed by atoms with E-state index in [1.165, 1.54) is 0 Å². The molecule has 4 nitrogen and oxygen atoms in total. The second-order valence-corrected chi connectivity index (χ2v) is 6.82. The summed E-state index contributed by atoms with van der Waals surface area (Å²) in [6.45, 7) is 4.63. The van der Waals surface area contributed by atoms with Gasteiger partial charge in [0.05, 0.1) is 18.7 Å². The van der Waals surface area contributed by atoms with Crippen molar-refractivity contribution in [1.29, 1.82) is 0 Å². The van der Waals surface area contributed by atoms with Gasteiger partial charge >= 0.3 is 0 Å². The molecule has 0 N–H and O–H groups in total. The van der Waals surface area contributed by atoms with Crippen LogP contribution in [0.3, 0.4) is 0 Å². The smallest absolute Gasteiger partial charge is 0.227 e. The molecule has 0 radical (unpaired) electrons. The molecule has 2 saturated heterocycles. The van der Waals surface area contributed by atoms with Crippen molar-refractivity contribution in [2.45, 2.75) is 19.4 Å². The average molecular weight is 294 g/mol. The van der Waals surface area contributed by atoms with Crippen molar-refractivity contribution >= 4 is 17.7 Å². The second-order valence-electron chi connectivity index (χ2n) is 5.59. The quantitative estimate of drug-likeness (QED) is 0.855. The molecule has 0 aromatic carbocycles.